The van der Waals surface area contributed by atoms with E-state index in [0.717, 1.165) is 28.2 Å². The van der Waals surface area contributed by atoms with E-state index in [9.17, 15) is 18.0 Å². The Balaban J connectivity index is 1.62. The van der Waals surface area contributed by atoms with Crippen molar-refractivity contribution < 1.29 is 17.9 Å². The van der Waals surface area contributed by atoms with Crippen molar-refractivity contribution in [3.8, 4) is 28.4 Å². The van der Waals surface area contributed by atoms with Gasteiger partial charge in [0.05, 0.1) is 46.8 Å². The van der Waals surface area contributed by atoms with Crippen molar-refractivity contribution in [3.05, 3.63) is 89.6 Å². The highest BCUT2D eigenvalue weighted by Gasteiger charge is 2.35. The molecule has 6 aromatic rings. The molecule has 0 N–H and O–H groups in total. The molecule has 0 spiro atoms. The quantitative estimate of drug-likeness (QED) is 0.341. The number of ether oxygens (including phenoxy) is 1. The lowest BCUT2D eigenvalue weighted by Crippen LogP contribution is -2.21. The molecule has 190 valence electrons. The van der Waals surface area contributed by atoms with Crippen LogP contribution in [0.25, 0.3) is 44.4 Å². The van der Waals surface area contributed by atoms with Gasteiger partial charge < -0.3 is 4.74 Å². The number of fused-ring (bicyclic) bond motifs is 3. The van der Waals surface area contributed by atoms with Gasteiger partial charge in [0.15, 0.2) is 0 Å². The van der Waals surface area contributed by atoms with Crippen molar-refractivity contribution >= 4 is 21.9 Å². The van der Waals surface area contributed by atoms with Crippen LogP contribution >= 0.6 is 0 Å². The molecule has 4 aromatic heterocycles. The van der Waals surface area contributed by atoms with Gasteiger partial charge >= 0.3 is 11.9 Å². The van der Waals surface area contributed by atoms with Crippen LogP contribution in [-0.2, 0) is 13.2 Å². The number of pyridine rings is 2. The van der Waals surface area contributed by atoms with Crippen LogP contribution in [0.3, 0.4) is 0 Å². The third kappa shape index (κ3) is 3.69. The monoisotopic (exact) mass is 517 g/mol. The van der Waals surface area contributed by atoms with Crippen molar-refractivity contribution in [2.24, 2.45) is 7.05 Å². The zero-order chi connectivity index (χ0) is 26.6. The minimum absolute atomic E-state index is 0.0563. The summed E-state index contributed by atoms with van der Waals surface area (Å²) in [5, 5.41) is 4.44. The summed E-state index contributed by atoms with van der Waals surface area (Å²) < 4.78 is 51.2. The fourth-order valence-corrected chi connectivity index (χ4v) is 4.51. The van der Waals surface area contributed by atoms with Gasteiger partial charge in [-0.25, -0.2) is 19.4 Å². The Morgan fingerprint density at radius 3 is 2.45 bits per heavy atom. The molecule has 0 saturated carbocycles. The predicted octanol–water partition coefficient (Wildman–Crippen LogP) is 4.55. The third-order valence-electron chi connectivity index (χ3n) is 6.37. The SMILES string of the molecule is COc1ccc(-c2ccc3ncc4c(c3c2)n(-c2ccc(-n3cncn3)c(C(F)(F)F)c2)c(=O)n4C)cn1. The van der Waals surface area contributed by atoms with Gasteiger partial charge in [-0.15, -0.1) is 0 Å². The first-order valence-electron chi connectivity index (χ1n) is 11.3. The molecule has 9 nitrogen and oxygen atoms in total. The highest BCUT2D eigenvalue weighted by molar-refractivity contribution is 6.04. The maximum Gasteiger partial charge on any atom is 0.418 e. The molecule has 12 heteroatoms. The number of methoxy groups -OCH3 is 1. The summed E-state index contributed by atoms with van der Waals surface area (Å²) in [5.74, 6) is 0.463. The van der Waals surface area contributed by atoms with E-state index in [2.05, 4.69) is 20.1 Å². The number of halogens is 3. The molecule has 0 aliphatic rings. The molecule has 38 heavy (non-hydrogen) atoms. The second-order valence-electron chi connectivity index (χ2n) is 8.53. The summed E-state index contributed by atoms with van der Waals surface area (Å²) in [5.41, 5.74) is 1.48. The van der Waals surface area contributed by atoms with E-state index in [4.69, 9.17) is 4.74 Å². The smallest absolute Gasteiger partial charge is 0.418 e. The van der Waals surface area contributed by atoms with E-state index >= 15 is 0 Å². The summed E-state index contributed by atoms with van der Waals surface area (Å²) in [6.45, 7) is 0. The van der Waals surface area contributed by atoms with Crippen LogP contribution in [0.4, 0.5) is 13.2 Å². The molecule has 0 saturated heterocycles. The molecule has 0 unspecified atom stereocenters. The van der Waals surface area contributed by atoms with E-state index in [1.165, 1.54) is 34.7 Å². The summed E-state index contributed by atoms with van der Waals surface area (Å²) in [6, 6.07) is 12.8. The van der Waals surface area contributed by atoms with Crippen LogP contribution in [0.15, 0.2) is 78.4 Å². The molecule has 0 fully saturated rings. The second kappa shape index (κ2) is 8.54. The average Bonchev–Trinajstić information content (AvgIpc) is 3.55. The number of rotatable bonds is 4. The Morgan fingerprint density at radius 1 is 0.947 bits per heavy atom. The molecule has 2 aromatic carbocycles. The number of hydrogen-bond acceptors (Lipinski definition) is 6. The lowest BCUT2D eigenvalue weighted by Gasteiger charge is -2.15. The number of benzene rings is 2. The maximum absolute atomic E-state index is 14.1. The first kappa shape index (κ1) is 23.4. The fourth-order valence-electron chi connectivity index (χ4n) is 4.51. The van der Waals surface area contributed by atoms with Crippen LogP contribution in [-0.4, -0.2) is 41.0 Å². The van der Waals surface area contributed by atoms with Gasteiger partial charge in [0.1, 0.15) is 12.7 Å². The number of hydrogen-bond donors (Lipinski definition) is 0. The molecule has 0 amide bonds. The Bertz CT molecular complexity index is 1870. The van der Waals surface area contributed by atoms with Gasteiger partial charge in [-0.1, -0.05) is 6.07 Å². The first-order valence-corrected chi connectivity index (χ1v) is 11.3. The van der Waals surface area contributed by atoms with Crippen LogP contribution in [0.5, 0.6) is 5.88 Å². The van der Waals surface area contributed by atoms with E-state index in [-0.39, 0.29) is 11.4 Å². The first-order chi connectivity index (χ1) is 18.3. The third-order valence-corrected chi connectivity index (χ3v) is 6.37. The van der Waals surface area contributed by atoms with Crippen LogP contribution in [0.1, 0.15) is 5.56 Å². The second-order valence-corrected chi connectivity index (χ2v) is 8.53. The number of nitrogens with zero attached hydrogens (tertiary/aromatic N) is 7. The zero-order valence-corrected chi connectivity index (χ0v) is 20.0. The predicted molar refractivity (Wildman–Crippen MR) is 134 cm³/mol. The normalized spacial score (nSPS) is 11.9. The highest BCUT2D eigenvalue weighted by Crippen LogP contribution is 2.36. The highest BCUT2D eigenvalue weighted by atomic mass is 19.4. The topological polar surface area (TPSA) is 92.7 Å². The van der Waals surface area contributed by atoms with E-state index < -0.39 is 17.4 Å². The molecule has 0 radical (unpaired) electrons. The summed E-state index contributed by atoms with van der Waals surface area (Å²) >= 11 is 0. The number of aromatic nitrogens is 7. The number of alkyl halides is 3. The van der Waals surface area contributed by atoms with Crippen LogP contribution in [0, 0.1) is 0 Å². The van der Waals surface area contributed by atoms with E-state index in [1.54, 1.807) is 31.6 Å². The number of imidazole rings is 1. The van der Waals surface area contributed by atoms with Gasteiger partial charge in [-0.2, -0.15) is 18.3 Å². The molecular weight excluding hydrogens is 499 g/mol. The van der Waals surface area contributed by atoms with Gasteiger partial charge in [0, 0.05) is 30.3 Å². The van der Waals surface area contributed by atoms with Gasteiger partial charge in [-0.3, -0.25) is 14.1 Å². The standard InChI is InChI=1S/C26H18F3N7O2/c1-34-22-12-31-20-6-3-15(16-4-8-23(38-2)32-11-16)9-18(20)24(22)36(25(34)37)17-5-7-21(35-14-30-13-33-35)19(10-17)26(27,28)29/h3-14H,1-2H3. The van der Waals surface area contributed by atoms with Crippen molar-refractivity contribution in [2.45, 2.75) is 6.18 Å². The zero-order valence-electron chi connectivity index (χ0n) is 20.0. The Labute approximate surface area is 212 Å². The van der Waals surface area contributed by atoms with Crippen molar-refractivity contribution in [2.75, 3.05) is 7.11 Å². The summed E-state index contributed by atoms with van der Waals surface area (Å²) in [7, 11) is 3.08. The van der Waals surface area contributed by atoms with E-state index in [1.807, 2.05) is 18.2 Å². The molecule has 0 aliphatic carbocycles. The van der Waals surface area contributed by atoms with Crippen molar-refractivity contribution in [1.82, 2.24) is 33.9 Å². The van der Waals surface area contributed by atoms with E-state index in [0.29, 0.717) is 27.8 Å². The van der Waals surface area contributed by atoms with Crippen molar-refractivity contribution in [3.63, 3.8) is 0 Å². The number of aryl methyl sites for hydroxylation is 1. The molecule has 0 atom stereocenters. The maximum atomic E-state index is 14.1. The molecular formula is C26H18F3N7O2. The minimum Gasteiger partial charge on any atom is -0.481 e. The van der Waals surface area contributed by atoms with Crippen LogP contribution < -0.4 is 10.4 Å². The summed E-state index contributed by atoms with van der Waals surface area (Å²) in [6.07, 6.45) is 0.827. The minimum atomic E-state index is -4.70. The molecule has 0 bridgehead atoms. The van der Waals surface area contributed by atoms with Crippen molar-refractivity contribution in [1.29, 1.82) is 0 Å². The fraction of sp³-hybridized carbons (Fsp3) is 0.115. The lowest BCUT2D eigenvalue weighted by atomic mass is 10.0. The molecule has 4 heterocycles. The largest absolute Gasteiger partial charge is 0.481 e. The Kier molecular flexibility index (Phi) is 5.26. The molecule has 6 rings (SSSR count). The Morgan fingerprint density at radius 2 is 1.76 bits per heavy atom. The molecule has 0 aliphatic heterocycles. The van der Waals surface area contributed by atoms with Gasteiger partial charge in [-0.05, 0) is 42.0 Å². The Hall–Kier alpha value is -5.00. The average molecular weight is 517 g/mol. The lowest BCUT2D eigenvalue weighted by molar-refractivity contribution is -0.137. The van der Waals surface area contributed by atoms with Crippen LogP contribution in [0.2, 0.25) is 0 Å². The van der Waals surface area contributed by atoms with Gasteiger partial charge in [0.2, 0.25) is 5.88 Å². The summed E-state index contributed by atoms with van der Waals surface area (Å²) in [4.78, 5) is 25.9. The van der Waals surface area contributed by atoms with Gasteiger partial charge in [0.25, 0.3) is 0 Å².